The summed E-state index contributed by atoms with van der Waals surface area (Å²) in [6.07, 6.45) is 1.41. The van der Waals surface area contributed by atoms with Gasteiger partial charge in [0.1, 0.15) is 0 Å². The molecule has 2 rings (SSSR count). The fourth-order valence-corrected chi connectivity index (χ4v) is 2.19. The van der Waals surface area contributed by atoms with Crippen molar-refractivity contribution in [1.82, 2.24) is 4.98 Å². The highest BCUT2D eigenvalue weighted by molar-refractivity contribution is 9.10. The summed E-state index contributed by atoms with van der Waals surface area (Å²) < 4.78 is 0.431. The zero-order valence-electron chi connectivity index (χ0n) is 9.38. The van der Waals surface area contributed by atoms with Crippen LogP contribution in [0, 0.1) is 6.92 Å². The maximum Gasteiger partial charge on any atom is 0.203 e. The molecule has 0 saturated heterocycles. The van der Waals surface area contributed by atoms with Crippen LogP contribution in [-0.2, 0) is 0 Å². The number of aryl methyl sites for hydroxylation is 1. The van der Waals surface area contributed by atoms with Crippen molar-refractivity contribution in [3.63, 3.8) is 0 Å². The predicted molar refractivity (Wildman–Crippen MR) is 75.5 cm³/mol. The molecule has 3 N–H and O–H groups in total. The molecule has 5 nitrogen and oxygen atoms in total. The minimum Gasteiger partial charge on any atom is -0.504 e. The van der Waals surface area contributed by atoms with Crippen LogP contribution in [0.4, 0.5) is 5.13 Å². The van der Waals surface area contributed by atoms with Gasteiger partial charge in [0.25, 0.3) is 0 Å². The van der Waals surface area contributed by atoms with Crippen LogP contribution in [0.5, 0.6) is 11.5 Å². The Morgan fingerprint density at radius 3 is 2.83 bits per heavy atom. The summed E-state index contributed by atoms with van der Waals surface area (Å²) in [6.45, 7) is 1.89. The molecule has 0 aliphatic heterocycles. The molecule has 0 amide bonds. The van der Waals surface area contributed by atoms with Crippen molar-refractivity contribution in [1.29, 1.82) is 0 Å². The first-order valence-corrected chi connectivity index (χ1v) is 6.67. The molecule has 2 aromatic rings. The van der Waals surface area contributed by atoms with Gasteiger partial charge in [-0.1, -0.05) is 0 Å². The Bertz CT molecular complexity index is 598. The number of thiazole rings is 1. The molecular weight excluding hydrogens is 318 g/mol. The van der Waals surface area contributed by atoms with Gasteiger partial charge in [-0.05, 0) is 35.0 Å². The first kappa shape index (κ1) is 12.8. The standard InChI is InChI=1S/C11H10BrN3O2S/c1-6-5-18-11(14-6)15-13-4-7-2-3-8(12)10(17)9(7)16/h2-5,16-17H,1H3,(H,14,15). The van der Waals surface area contributed by atoms with Crippen molar-refractivity contribution in [3.05, 3.63) is 33.2 Å². The van der Waals surface area contributed by atoms with E-state index in [1.165, 1.54) is 17.6 Å². The second kappa shape index (κ2) is 5.36. The van der Waals surface area contributed by atoms with Crippen molar-refractivity contribution in [2.75, 3.05) is 5.43 Å². The average molecular weight is 328 g/mol. The Balaban J connectivity index is 2.12. The van der Waals surface area contributed by atoms with Crippen LogP contribution in [0.2, 0.25) is 0 Å². The maximum absolute atomic E-state index is 9.67. The van der Waals surface area contributed by atoms with E-state index in [0.29, 0.717) is 15.2 Å². The van der Waals surface area contributed by atoms with Gasteiger partial charge in [-0.15, -0.1) is 11.3 Å². The molecule has 0 saturated carbocycles. The number of phenols is 2. The van der Waals surface area contributed by atoms with E-state index in [9.17, 15) is 10.2 Å². The van der Waals surface area contributed by atoms with E-state index < -0.39 is 0 Å². The molecule has 18 heavy (non-hydrogen) atoms. The van der Waals surface area contributed by atoms with E-state index >= 15 is 0 Å². The number of benzene rings is 1. The Labute approximate surface area is 116 Å². The molecule has 0 spiro atoms. The highest BCUT2D eigenvalue weighted by Crippen LogP contribution is 2.35. The first-order valence-electron chi connectivity index (χ1n) is 4.99. The third-order valence-corrected chi connectivity index (χ3v) is 3.62. The zero-order chi connectivity index (χ0) is 13.1. The van der Waals surface area contributed by atoms with E-state index in [1.54, 1.807) is 12.1 Å². The van der Waals surface area contributed by atoms with Crippen LogP contribution in [0.3, 0.4) is 0 Å². The summed E-state index contributed by atoms with van der Waals surface area (Å²) in [5, 5.41) is 25.7. The van der Waals surface area contributed by atoms with Gasteiger partial charge in [0, 0.05) is 10.9 Å². The van der Waals surface area contributed by atoms with Gasteiger partial charge in [-0.25, -0.2) is 4.98 Å². The fourth-order valence-electron chi connectivity index (χ4n) is 1.24. The largest absolute Gasteiger partial charge is 0.504 e. The number of aromatic hydroxyl groups is 2. The third-order valence-electron chi connectivity index (χ3n) is 2.12. The lowest BCUT2D eigenvalue weighted by Gasteiger charge is -2.03. The Hall–Kier alpha value is -1.60. The molecule has 1 aromatic heterocycles. The molecule has 0 fully saturated rings. The van der Waals surface area contributed by atoms with Crippen molar-refractivity contribution in [3.8, 4) is 11.5 Å². The molecule has 7 heteroatoms. The monoisotopic (exact) mass is 327 g/mol. The number of hydrogen-bond donors (Lipinski definition) is 3. The highest BCUT2D eigenvalue weighted by atomic mass is 79.9. The Kier molecular flexibility index (Phi) is 3.83. The minimum absolute atomic E-state index is 0.205. The number of aromatic nitrogens is 1. The summed E-state index contributed by atoms with van der Waals surface area (Å²) in [4.78, 5) is 4.17. The summed E-state index contributed by atoms with van der Waals surface area (Å²) in [6, 6.07) is 3.27. The van der Waals surface area contributed by atoms with Crippen molar-refractivity contribution in [2.45, 2.75) is 6.92 Å². The minimum atomic E-state index is -0.217. The molecule has 1 aromatic carbocycles. The summed E-state index contributed by atoms with van der Waals surface area (Å²) >= 11 is 4.55. The number of nitrogens with one attached hydrogen (secondary N) is 1. The number of rotatable bonds is 3. The van der Waals surface area contributed by atoms with Gasteiger partial charge >= 0.3 is 0 Å². The number of hydrazone groups is 1. The second-order valence-corrected chi connectivity index (χ2v) is 5.21. The zero-order valence-corrected chi connectivity index (χ0v) is 11.8. The number of halogens is 1. The van der Waals surface area contributed by atoms with Crippen LogP contribution in [0.15, 0.2) is 27.1 Å². The molecular formula is C11H10BrN3O2S. The van der Waals surface area contributed by atoms with E-state index in [2.05, 4.69) is 31.4 Å². The number of hydrogen-bond acceptors (Lipinski definition) is 6. The average Bonchev–Trinajstić information content (AvgIpc) is 2.75. The van der Waals surface area contributed by atoms with Gasteiger partial charge in [0.05, 0.1) is 16.4 Å². The lowest BCUT2D eigenvalue weighted by Crippen LogP contribution is -1.91. The molecule has 1 heterocycles. The van der Waals surface area contributed by atoms with Crippen LogP contribution < -0.4 is 5.43 Å². The maximum atomic E-state index is 9.67. The topological polar surface area (TPSA) is 77.7 Å². The van der Waals surface area contributed by atoms with Crippen LogP contribution >= 0.6 is 27.3 Å². The van der Waals surface area contributed by atoms with E-state index in [0.717, 1.165) is 5.69 Å². The van der Waals surface area contributed by atoms with E-state index in [-0.39, 0.29) is 11.5 Å². The summed E-state index contributed by atoms with van der Waals surface area (Å²) in [5.74, 6) is -0.422. The first-order chi connectivity index (χ1) is 8.58. The molecule has 0 aliphatic rings. The van der Waals surface area contributed by atoms with Crippen LogP contribution in [0.25, 0.3) is 0 Å². The third kappa shape index (κ3) is 2.80. The van der Waals surface area contributed by atoms with Crippen molar-refractivity contribution >= 4 is 38.6 Å². The lowest BCUT2D eigenvalue weighted by molar-refractivity contribution is 0.401. The van der Waals surface area contributed by atoms with Gasteiger partial charge in [0.15, 0.2) is 11.5 Å². The van der Waals surface area contributed by atoms with Gasteiger partial charge in [-0.2, -0.15) is 5.10 Å². The molecule has 94 valence electrons. The molecule has 0 bridgehead atoms. The Morgan fingerprint density at radius 2 is 2.17 bits per heavy atom. The molecule has 0 unspecified atom stereocenters. The van der Waals surface area contributed by atoms with E-state index in [1.807, 2.05) is 12.3 Å². The van der Waals surface area contributed by atoms with Crippen molar-refractivity contribution < 1.29 is 10.2 Å². The highest BCUT2D eigenvalue weighted by Gasteiger charge is 2.08. The second-order valence-electron chi connectivity index (χ2n) is 3.50. The van der Waals surface area contributed by atoms with Gasteiger partial charge in [-0.3, -0.25) is 5.43 Å². The lowest BCUT2D eigenvalue weighted by atomic mass is 10.2. The quantitative estimate of drug-likeness (QED) is 0.460. The molecule has 0 aliphatic carbocycles. The summed E-state index contributed by atoms with van der Waals surface area (Å²) in [7, 11) is 0. The Morgan fingerprint density at radius 1 is 1.39 bits per heavy atom. The van der Waals surface area contributed by atoms with Crippen molar-refractivity contribution in [2.24, 2.45) is 5.10 Å². The number of phenolic OH excluding ortho intramolecular Hbond substituents is 2. The number of nitrogens with zero attached hydrogens (tertiary/aromatic N) is 2. The smallest absolute Gasteiger partial charge is 0.203 e. The van der Waals surface area contributed by atoms with E-state index in [4.69, 9.17) is 0 Å². The normalized spacial score (nSPS) is 11.0. The van der Waals surface area contributed by atoms with Crippen LogP contribution in [-0.4, -0.2) is 21.4 Å². The predicted octanol–water partition coefficient (Wildman–Crippen LogP) is 3.07. The van der Waals surface area contributed by atoms with Gasteiger partial charge < -0.3 is 10.2 Å². The molecule has 0 radical (unpaired) electrons. The van der Waals surface area contributed by atoms with Gasteiger partial charge in [0.2, 0.25) is 5.13 Å². The fraction of sp³-hybridized carbons (Fsp3) is 0.0909. The van der Waals surface area contributed by atoms with Crippen LogP contribution in [0.1, 0.15) is 11.3 Å². The number of anilines is 1. The summed E-state index contributed by atoms with van der Waals surface area (Å²) in [5.41, 5.74) is 4.08. The SMILES string of the molecule is Cc1csc(NN=Cc2ccc(Br)c(O)c2O)n1. The molecule has 0 atom stereocenters.